The minimum absolute atomic E-state index is 0.0504. The van der Waals surface area contributed by atoms with Crippen molar-refractivity contribution in [2.75, 3.05) is 19.6 Å². The Labute approximate surface area is 110 Å². The lowest BCUT2D eigenvalue weighted by Gasteiger charge is -2.30. The molecule has 0 aliphatic carbocycles. The predicted molar refractivity (Wildman–Crippen MR) is 72.6 cm³/mol. The van der Waals surface area contributed by atoms with Crippen molar-refractivity contribution in [1.82, 2.24) is 14.3 Å². The van der Waals surface area contributed by atoms with Crippen molar-refractivity contribution in [2.24, 2.45) is 0 Å². The highest BCUT2D eigenvalue weighted by Gasteiger charge is 2.27. The lowest BCUT2D eigenvalue weighted by atomic mass is 10.0. The predicted octanol–water partition coefficient (Wildman–Crippen LogP) is 0.837. The van der Waals surface area contributed by atoms with E-state index in [0.717, 1.165) is 45.1 Å². The molecule has 0 amide bonds. The summed E-state index contributed by atoms with van der Waals surface area (Å²) in [5, 5.41) is 3.32. The van der Waals surface area contributed by atoms with Gasteiger partial charge in [0.25, 0.3) is 10.2 Å². The van der Waals surface area contributed by atoms with Crippen LogP contribution in [0.5, 0.6) is 0 Å². The number of nitrogens with one attached hydrogen (secondary N) is 2. The Morgan fingerprint density at radius 3 is 2.33 bits per heavy atom. The molecule has 0 aromatic rings. The van der Waals surface area contributed by atoms with E-state index in [9.17, 15) is 8.42 Å². The standard InChI is InChI=1S/C12H25N3O2S/c1-11-6-7-12(10-13-11)14-18(16,17)15-8-4-2-3-5-9-15/h11-14H,2-10H2,1H3. The minimum Gasteiger partial charge on any atom is -0.313 e. The van der Waals surface area contributed by atoms with Gasteiger partial charge in [-0.05, 0) is 32.6 Å². The van der Waals surface area contributed by atoms with Gasteiger partial charge < -0.3 is 5.32 Å². The highest BCUT2D eigenvalue weighted by atomic mass is 32.2. The summed E-state index contributed by atoms with van der Waals surface area (Å²) < 4.78 is 29.0. The molecule has 0 bridgehead atoms. The van der Waals surface area contributed by atoms with Gasteiger partial charge in [0.15, 0.2) is 0 Å². The van der Waals surface area contributed by atoms with Gasteiger partial charge in [-0.25, -0.2) is 0 Å². The fourth-order valence-electron chi connectivity index (χ4n) is 2.67. The molecular weight excluding hydrogens is 250 g/mol. The topological polar surface area (TPSA) is 61.4 Å². The Hall–Kier alpha value is -0.170. The van der Waals surface area contributed by atoms with Gasteiger partial charge >= 0.3 is 0 Å². The third-order valence-electron chi connectivity index (χ3n) is 3.88. The summed E-state index contributed by atoms with van der Waals surface area (Å²) in [6, 6.07) is 0.554. The highest BCUT2D eigenvalue weighted by molar-refractivity contribution is 7.87. The van der Waals surface area contributed by atoms with Crippen LogP contribution in [0.15, 0.2) is 0 Å². The maximum atomic E-state index is 12.3. The lowest BCUT2D eigenvalue weighted by Crippen LogP contribution is -2.52. The van der Waals surface area contributed by atoms with Gasteiger partial charge in [-0.1, -0.05) is 12.8 Å². The molecule has 0 aromatic heterocycles. The monoisotopic (exact) mass is 275 g/mol. The lowest BCUT2D eigenvalue weighted by molar-refractivity contribution is 0.350. The summed E-state index contributed by atoms with van der Waals surface area (Å²) in [7, 11) is -3.28. The fourth-order valence-corrected chi connectivity index (χ4v) is 4.18. The molecule has 2 unspecified atom stereocenters. The van der Waals surface area contributed by atoms with E-state index in [1.165, 1.54) is 0 Å². The van der Waals surface area contributed by atoms with Crippen LogP contribution in [0.4, 0.5) is 0 Å². The number of piperidine rings is 1. The van der Waals surface area contributed by atoms with Crippen molar-refractivity contribution >= 4 is 10.2 Å². The first kappa shape index (κ1) is 14.2. The van der Waals surface area contributed by atoms with E-state index in [1.54, 1.807) is 4.31 Å². The fraction of sp³-hybridized carbons (Fsp3) is 1.00. The normalized spacial score (nSPS) is 32.1. The van der Waals surface area contributed by atoms with Crippen LogP contribution in [0.3, 0.4) is 0 Å². The van der Waals surface area contributed by atoms with Crippen LogP contribution in [-0.4, -0.2) is 44.4 Å². The molecule has 0 saturated carbocycles. The first-order valence-electron chi connectivity index (χ1n) is 7.09. The number of hydrogen-bond donors (Lipinski definition) is 2. The van der Waals surface area contributed by atoms with Crippen LogP contribution in [0.25, 0.3) is 0 Å². The Morgan fingerprint density at radius 2 is 1.78 bits per heavy atom. The molecule has 18 heavy (non-hydrogen) atoms. The summed E-state index contributed by atoms with van der Waals surface area (Å²) in [4.78, 5) is 0. The second kappa shape index (κ2) is 6.32. The second-order valence-corrected chi connectivity index (χ2v) is 7.22. The summed E-state index contributed by atoms with van der Waals surface area (Å²) in [5.74, 6) is 0. The Kier molecular flexibility index (Phi) is 5.00. The molecule has 6 heteroatoms. The van der Waals surface area contributed by atoms with Gasteiger partial charge in [-0.3, -0.25) is 0 Å². The molecule has 2 rings (SSSR count). The summed E-state index contributed by atoms with van der Waals surface area (Å²) in [6.07, 6.45) is 6.24. The van der Waals surface area contributed by atoms with Gasteiger partial charge in [0.05, 0.1) is 0 Å². The van der Waals surface area contributed by atoms with Crippen molar-refractivity contribution in [3.05, 3.63) is 0 Å². The maximum Gasteiger partial charge on any atom is 0.279 e. The van der Waals surface area contributed by atoms with Crippen molar-refractivity contribution in [3.63, 3.8) is 0 Å². The van der Waals surface area contributed by atoms with Crippen LogP contribution in [0.2, 0.25) is 0 Å². The van der Waals surface area contributed by atoms with Crippen LogP contribution in [0, 0.1) is 0 Å². The van der Waals surface area contributed by atoms with Crippen LogP contribution in [0.1, 0.15) is 45.4 Å². The van der Waals surface area contributed by atoms with Crippen molar-refractivity contribution < 1.29 is 8.42 Å². The zero-order valence-electron chi connectivity index (χ0n) is 11.2. The number of hydrogen-bond acceptors (Lipinski definition) is 3. The van der Waals surface area contributed by atoms with E-state index in [-0.39, 0.29) is 6.04 Å². The average Bonchev–Trinajstić information content (AvgIpc) is 2.61. The van der Waals surface area contributed by atoms with Crippen molar-refractivity contribution in [3.8, 4) is 0 Å². The van der Waals surface area contributed by atoms with Crippen molar-refractivity contribution in [1.29, 1.82) is 0 Å². The van der Waals surface area contributed by atoms with Gasteiger partial charge in [-0.2, -0.15) is 17.4 Å². The van der Waals surface area contributed by atoms with Gasteiger partial charge in [0.1, 0.15) is 0 Å². The van der Waals surface area contributed by atoms with Gasteiger partial charge in [0, 0.05) is 31.7 Å². The quantitative estimate of drug-likeness (QED) is 0.802. The Bertz CT molecular complexity index is 342. The van der Waals surface area contributed by atoms with Gasteiger partial charge in [0.2, 0.25) is 0 Å². The Morgan fingerprint density at radius 1 is 1.11 bits per heavy atom. The zero-order chi connectivity index (χ0) is 13.0. The van der Waals surface area contributed by atoms with Crippen LogP contribution >= 0.6 is 0 Å². The molecular formula is C12H25N3O2S. The second-order valence-electron chi connectivity index (χ2n) is 5.52. The molecule has 0 radical (unpaired) electrons. The molecule has 106 valence electrons. The van der Waals surface area contributed by atoms with E-state index in [0.29, 0.717) is 19.1 Å². The smallest absolute Gasteiger partial charge is 0.279 e. The van der Waals surface area contributed by atoms with Crippen LogP contribution in [-0.2, 0) is 10.2 Å². The van der Waals surface area contributed by atoms with E-state index in [2.05, 4.69) is 17.0 Å². The molecule has 2 saturated heterocycles. The third kappa shape index (κ3) is 3.91. The molecule has 0 aromatic carbocycles. The maximum absolute atomic E-state index is 12.3. The average molecular weight is 275 g/mol. The molecule has 5 nitrogen and oxygen atoms in total. The van der Waals surface area contributed by atoms with E-state index in [1.807, 2.05) is 0 Å². The first-order chi connectivity index (χ1) is 8.58. The summed E-state index contributed by atoms with van der Waals surface area (Å²) >= 11 is 0. The largest absolute Gasteiger partial charge is 0.313 e. The van der Waals surface area contributed by atoms with Crippen LogP contribution < -0.4 is 10.0 Å². The summed E-state index contributed by atoms with van der Waals surface area (Å²) in [5.41, 5.74) is 0. The summed E-state index contributed by atoms with van der Waals surface area (Å²) in [6.45, 7) is 4.23. The molecule has 0 spiro atoms. The SMILES string of the molecule is CC1CCC(NS(=O)(=O)N2CCCCCC2)CN1. The van der Waals surface area contributed by atoms with E-state index in [4.69, 9.17) is 0 Å². The molecule has 2 atom stereocenters. The third-order valence-corrected chi connectivity index (χ3v) is 5.56. The molecule has 2 heterocycles. The molecule has 2 aliphatic heterocycles. The van der Waals surface area contributed by atoms with E-state index >= 15 is 0 Å². The number of nitrogens with zero attached hydrogens (tertiary/aromatic N) is 1. The van der Waals surface area contributed by atoms with Gasteiger partial charge in [-0.15, -0.1) is 0 Å². The minimum atomic E-state index is -3.28. The Balaban J connectivity index is 1.89. The molecule has 2 N–H and O–H groups in total. The zero-order valence-corrected chi connectivity index (χ0v) is 12.0. The van der Waals surface area contributed by atoms with Crippen molar-refractivity contribution in [2.45, 2.75) is 57.5 Å². The highest BCUT2D eigenvalue weighted by Crippen LogP contribution is 2.14. The molecule has 2 aliphatic rings. The van der Waals surface area contributed by atoms with E-state index < -0.39 is 10.2 Å². The number of rotatable bonds is 3. The molecule has 2 fully saturated rings. The first-order valence-corrected chi connectivity index (χ1v) is 8.53.